The molecule has 1 fully saturated rings. The Kier molecular flexibility index (Phi) is 4.67. The number of pyridine rings is 1. The predicted octanol–water partition coefficient (Wildman–Crippen LogP) is 3.77. The van der Waals surface area contributed by atoms with E-state index in [1.807, 2.05) is 12.3 Å². The fourth-order valence-corrected chi connectivity index (χ4v) is 3.14. The molecule has 1 N–H and O–H groups in total. The number of rotatable bonds is 6. The van der Waals surface area contributed by atoms with Crippen molar-refractivity contribution in [2.45, 2.75) is 38.5 Å². The van der Waals surface area contributed by atoms with Crippen molar-refractivity contribution in [3.8, 4) is 0 Å². The molecule has 1 aliphatic carbocycles. The molecule has 5 heteroatoms. The van der Waals surface area contributed by atoms with Crippen molar-refractivity contribution >= 4 is 28.4 Å². The molecule has 21 heavy (non-hydrogen) atoms. The molecule has 110 valence electrons. The maximum atomic E-state index is 4.81. The molecule has 0 atom stereocenters. The average molecular weight is 394 g/mol. The Hall–Kier alpha value is -1.24. The summed E-state index contributed by atoms with van der Waals surface area (Å²) in [7, 11) is 0. The van der Waals surface area contributed by atoms with Gasteiger partial charge in [-0.15, -0.1) is 0 Å². The van der Waals surface area contributed by atoms with Crippen LogP contribution in [0.2, 0.25) is 0 Å². The van der Waals surface area contributed by atoms with Crippen molar-refractivity contribution in [2.75, 3.05) is 11.9 Å². The highest BCUT2D eigenvalue weighted by Crippen LogP contribution is 2.42. The quantitative estimate of drug-likeness (QED) is 0.758. The highest BCUT2D eigenvalue weighted by atomic mass is 127. The summed E-state index contributed by atoms with van der Waals surface area (Å²) in [6.07, 6.45) is 8.03. The summed E-state index contributed by atoms with van der Waals surface area (Å²) in [5, 5.41) is 3.44. The first kappa shape index (κ1) is 14.7. The Bertz CT molecular complexity index is 611. The zero-order valence-electron chi connectivity index (χ0n) is 12.1. The summed E-state index contributed by atoms with van der Waals surface area (Å²) in [5.41, 5.74) is 2.38. The number of anilines is 1. The number of hydrogen-bond donors (Lipinski definition) is 1. The maximum Gasteiger partial charge on any atom is 0.143 e. The molecule has 2 aromatic heterocycles. The lowest BCUT2D eigenvalue weighted by molar-refractivity contribution is 0.875. The molecule has 1 aliphatic rings. The molecule has 0 radical (unpaired) electrons. The standard InChI is InChI=1S/C16H19IN4/c1-2-7-19-16-14(17)15(12-5-6-12)20-13(21-16)9-11-4-3-8-18-10-11/h3-4,8,10,12H,2,5-7,9H2,1H3,(H,19,20,21). The van der Waals surface area contributed by atoms with Crippen LogP contribution in [-0.2, 0) is 6.42 Å². The van der Waals surface area contributed by atoms with Crippen molar-refractivity contribution in [2.24, 2.45) is 0 Å². The van der Waals surface area contributed by atoms with Crippen LogP contribution in [0.3, 0.4) is 0 Å². The van der Waals surface area contributed by atoms with Crippen LogP contribution >= 0.6 is 22.6 Å². The first-order chi connectivity index (χ1) is 10.3. The summed E-state index contributed by atoms with van der Waals surface area (Å²) in [4.78, 5) is 13.7. The molecule has 4 nitrogen and oxygen atoms in total. The van der Waals surface area contributed by atoms with Crippen molar-refractivity contribution in [1.29, 1.82) is 0 Å². The van der Waals surface area contributed by atoms with Crippen molar-refractivity contribution in [3.63, 3.8) is 0 Å². The fourth-order valence-electron chi connectivity index (χ4n) is 2.26. The number of aromatic nitrogens is 3. The predicted molar refractivity (Wildman–Crippen MR) is 92.5 cm³/mol. The minimum Gasteiger partial charge on any atom is -0.369 e. The zero-order chi connectivity index (χ0) is 14.7. The van der Waals surface area contributed by atoms with E-state index >= 15 is 0 Å². The minimum atomic E-state index is 0.634. The molecular weight excluding hydrogens is 375 g/mol. The third kappa shape index (κ3) is 3.70. The van der Waals surface area contributed by atoms with Gasteiger partial charge in [-0.05, 0) is 53.5 Å². The van der Waals surface area contributed by atoms with Gasteiger partial charge in [0.15, 0.2) is 0 Å². The van der Waals surface area contributed by atoms with Gasteiger partial charge in [0.2, 0.25) is 0 Å². The molecule has 0 spiro atoms. The van der Waals surface area contributed by atoms with Gasteiger partial charge >= 0.3 is 0 Å². The first-order valence-electron chi connectivity index (χ1n) is 7.47. The lowest BCUT2D eigenvalue weighted by atomic mass is 10.2. The zero-order valence-corrected chi connectivity index (χ0v) is 14.3. The van der Waals surface area contributed by atoms with Gasteiger partial charge in [-0.1, -0.05) is 13.0 Å². The molecule has 0 unspecified atom stereocenters. The van der Waals surface area contributed by atoms with E-state index in [1.165, 1.54) is 22.1 Å². The summed E-state index contributed by atoms with van der Waals surface area (Å²) in [6.45, 7) is 3.11. The lowest BCUT2D eigenvalue weighted by Gasteiger charge is -2.12. The number of hydrogen-bond acceptors (Lipinski definition) is 4. The van der Waals surface area contributed by atoms with E-state index in [0.717, 1.165) is 36.6 Å². The van der Waals surface area contributed by atoms with E-state index in [9.17, 15) is 0 Å². The normalized spacial score (nSPS) is 14.2. The van der Waals surface area contributed by atoms with Gasteiger partial charge in [0.1, 0.15) is 11.6 Å². The number of halogens is 1. The smallest absolute Gasteiger partial charge is 0.143 e. The van der Waals surface area contributed by atoms with Crippen LogP contribution in [0.15, 0.2) is 24.5 Å². The van der Waals surface area contributed by atoms with E-state index in [1.54, 1.807) is 6.20 Å². The van der Waals surface area contributed by atoms with Crippen molar-refractivity contribution in [1.82, 2.24) is 15.0 Å². The Morgan fingerprint density at radius 3 is 2.86 bits per heavy atom. The Morgan fingerprint density at radius 1 is 1.33 bits per heavy atom. The first-order valence-corrected chi connectivity index (χ1v) is 8.55. The molecule has 0 bridgehead atoms. The number of nitrogens with one attached hydrogen (secondary N) is 1. The van der Waals surface area contributed by atoms with Gasteiger partial charge in [0.05, 0.1) is 9.26 Å². The second kappa shape index (κ2) is 6.68. The van der Waals surface area contributed by atoms with Crippen molar-refractivity contribution in [3.05, 3.63) is 45.2 Å². The molecular formula is C16H19IN4. The van der Waals surface area contributed by atoms with Crippen LogP contribution in [0.5, 0.6) is 0 Å². The van der Waals surface area contributed by atoms with E-state index in [4.69, 9.17) is 9.97 Å². The van der Waals surface area contributed by atoms with Crippen LogP contribution < -0.4 is 5.32 Å². The third-order valence-corrected chi connectivity index (χ3v) is 4.58. The minimum absolute atomic E-state index is 0.634. The lowest BCUT2D eigenvalue weighted by Crippen LogP contribution is -2.10. The van der Waals surface area contributed by atoms with Crippen LogP contribution in [-0.4, -0.2) is 21.5 Å². The van der Waals surface area contributed by atoms with E-state index in [2.05, 4.69) is 45.9 Å². The largest absolute Gasteiger partial charge is 0.369 e. The second-order valence-electron chi connectivity index (χ2n) is 5.43. The van der Waals surface area contributed by atoms with Gasteiger partial charge in [-0.25, -0.2) is 9.97 Å². The average Bonchev–Trinajstić information content (AvgIpc) is 3.33. The van der Waals surface area contributed by atoms with Crippen LogP contribution in [0.1, 0.15) is 49.2 Å². The Balaban J connectivity index is 1.90. The highest BCUT2D eigenvalue weighted by molar-refractivity contribution is 14.1. The summed E-state index contributed by atoms with van der Waals surface area (Å²) < 4.78 is 1.19. The second-order valence-corrected chi connectivity index (χ2v) is 6.51. The maximum absolute atomic E-state index is 4.81. The van der Waals surface area contributed by atoms with Gasteiger partial charge in [0.25, 0.3) is 0 Å². The monoisotopic (exact) mass is 394 g/mol. The SMILES string of the molecule is CCCNc1nc(Cc2cccnc2)nc(C2CC2)c1I. The van der Waals surface area contributed by atoms with Crippen LogP contribution in [0.4, 0.5) is 5.82 Å². The van der Waals surface area contributed by atoms with E-state index in [-0.39, 0.29) is 0 Å². The third-order valence-electron chi connectivity index (χ3n) is 3.51. The Labute approximate surface area is 139 Å². The van der Waals surface area contributed by atoms with Crippen molar-refractivity contribution < 1.29 is 0 Å². The Morgan fingerprint density at radius 2 is 2.19 bits per heavy atom. The summed E-state index contributed by atoms with van der Waals surface area (Å²) in [5.74, 6) is 2.52. The van der Waals surface area contributed by atoms with Gasteiger partial charge in [0, 0.05) is 31.3 Å². The molecule has 2 heterocycles. The molecule has 0 saturated heterocycles. The summed E-state index contributed by atoms with van der Waals surface area (Å²) >= 11 is 2.38. The molecule has 1 saturated carbocycles. The van der Waals surface area contributed by atoms with Gasteiger partial charge in [-0.3, -0.25) is 4.98 Å². The molecule has 2 aromatic rings. The van der Waals surface area contributed by atoms with Crippen LogP contribution in [0.25, 0.3) is 0 Å². The summed E-state index contributed by atoms with van der Waals surface area (Å²) in [6, 6.07) is 4.03. The van der Waals surface area contributed by atoms with Gasteiger partial charge in [-0.2, -0.15) is 0 Å². The molecule has 0 aromatic carbocycles. The number of nitrogens with zero attached hydrogens (tertiary/aromatic N) is 3. The topological polar surface area (TPSA) is 50.7 Å². The highest BCUT2D eigenvalue weighted by Gasteiger charge is 2.29. The fraction of sp³-hybridized carbons (Fsp3) is 0.438. The van der Waals surface area contributed by atoms with Gasteiger partial charge < -0.3 is 5.32 Å². The molecule has 0 aliphatic heterocycles. The van der Waals surface area contributed by atoms with E-state index < -0.39 is 0 Å². The molecule has 0 amide bonds. The van der Waals surface area contributed by atoms with E-state index in [0.29, 0.717) is 5.92 Å². The molecule has 3 rings (SSSR count). The van der Waals surface area contributed by atoms with Crippen LogP contribution in [0, 0.1) is 3.57 Å².